The van der Waals surface area contributed by atoms with Crippen molar-refractivity contribution in [2.75, 3.05) is 16.3 Å². The van der Waals surface area contributed by atoms with E-state index in [4.69, 9.17) is 4.52 Å². The number of amides is 2. The molecule has 0 aliphatic carbocycles. The molecule has 1 aromatic heterocycles. The molecule has 9 heteroatoms. The zero-order chi connectivity index (χ0) is 16.2. The van der Waals surface area contributed by atoms with Crippen LogP contribution in [0, 0.1) is 6.92 Å². The van der Waals surface area contributed by atoms with Crippen molar-refractivity contribution >= 4 is 27.6 Å². The number of anilines is 2. The summed E-state index contributed by atoms with van der Waals surface area (Å²) >= 11 is 0. The van der Waals surface area contributed by atoms with Crippen molar-refractivity contribution in [3.63, 3.8) is 0 Å². The molecular weight excluding hydrogens is 308 g/mol. The lowest BCUT2D eigenvalue weighted by Crippen LogP contribution is -2.28. The Kier molecular flexibility index (Phi) is 4.66. The Balaban J connectivity index is 1.91. The first-order chi connectivity index (χ1) is 10.3. The fraction of sp³-hybridized carbons (Fsp3) is 0.231. The minimum absolute atomic E-state index is 0.238. The van der Waals surface area contributed by atoms with Gasteiger partial charge in [-0.1, -0.05) is 17.3 Å². The van der Waals surface area contributed by atoms with E-state index in [9.17, 15) is 13.2 Å². The summed E-state index contributed by atoms with van der Waals surface area (Å²) in [5.41, 5.74) is 1.19. The van der Waals surface area contributed by atoms with Crippen molar-refractivity contribution in [2.45, 2.75) is 13.5 Å². The molecule has 3 N–H and O–H groups in total. The molecular formula is C13H16N4O4S. The molecule has 0 saturated heterocycles. The number of aromatic nitrogens is 1. The number of benzene rings is 1. The number of carbonyl (C=O) groups excluding carboxylic acids is 1. The van der Waals surface area contributed by atoms with Gasteiger partial charge >= 0.3 is 6.03 Å². The summed E-state index contributed by atoms with van der Waals surface area (Å²) in [6, 6.07) is 7.90. The van der Waals surface area contributed by atoms with Gasteiger partial charge in [0.25, 0.3) is 0 Å². The van der Waals surface area contributed by atoms with Crippen LogP contribution in [0.5, 0.6) is 0 Å². The molecule has 22 heavy (non-hydrogen) atoms. The first-order valence-corrected chi connectivity index (χ1v) is 8.26. The van der Waals surface area contributed by atoms with Gasteiger partial charge in [-0.15, -0.1) is 0 Å². The molecule has 0 aliphatic rings. The third-order valence-corrected chi connectivity index (χ3v) is 3.16. The van der Waals surface area contributed by atoms with Gasteiger partial charge in [-0.3, -0.25) is 10.0 Å². The maximum atomic E-state index is 11.7. The van der Waals surface area contributed by atoms with Crippen molar-refractivity contribution in [3.8, 4) is 0 Å². The summed E-state index contributed by atoms with van der Waals surface area (Å²) in [6.07, 6.45) is 1.07. The highest BCUT2D eigenvalue weighted by Gasteiger charge is 2.06. The van der Waals surface area contributed by atoms with Gasteiger partial charge < -0.3 is 9.84 Å². The lowest BCUT2D eigenvalue weighted by atomic mass is 10.2. The van der Waals surface area contributed by atoms with Crippen LogP contribution >= 0.6 is 0 Å². The normalized spacial score (nSPS) is 11.0. The van der Waals surface area contributed by atoms with Crippen LogP contribution in [0.4, 0.5) is 16.3 Å². The maximum absolute atomic E-state index is 11.7. The van der Waals surface area contributed by atoms with Gasteiger partial charge in [-0.2, -0.15) is 0 Å². The van der Waals surface area contributed by atoms with Gasteiger partial charge in [-0.05, 0) is 24.6 Å². The van der Waals surface area contributed by atoms with E-state index in [1.54, 1.807) is 37.3 Å². The number of nitrogens with zero attached hydrogens (tertiary/aromatic N) is 1. The molecule has 0 spiro atoms. The lowest BCUT2D eigenvalue weighted by molar-refractivity contribution is 0.251. The van der Waals surface area contributed by atoms with Gasteiger partial charge in [0.15, 0.2) is 5.82 Å². The Labute approximate surface area is 127 Å². The van der Waals surface area contributed by atoms with Crippen LogP contribution in [-0.4, -0.2) is 25.9 Å². The highest BCUT2D eigenvalue weighted by Crippen LogP contribution is 2.12. The molecule has 0 unspecified atom stereocenters. The predicted octanol–water partition coefficient (Wildman–Crippen LogP) is 1.68. The second-order valence-electron chi connectivity index (χ2n) is 4.71. The van der Waals surface area contributed by atoms with Crippen LogP contribution < -0.4 is 15.4 Å². The van der Waals surface area contributed by atoms with Crippen LogP contribution in [0.15, 0.2) is 34.9 Å². The molecule has 0 bridgehead atoms. The van der Waals surface area contributed by atoms with Crippen molar-refractivity contribution in [2.24, 2.45) is 0 Å². The fourth-order valence-electron chi connectivity index (χ4n) is 1.73. The van der Waals surface area contributed by atoms with Gasteiger partial charge in [0.2, 0.25) is 10.0 Å². The number of urea groups is 1. The summed E-state index contributed by atoms with van der Waals surface area (Å²) < 4.78 is 29.6. The Bertz CT molecular complexity index is 770. The van der Waals surface area contributed by atoms with Crippen molar-refractivity contribution in [3.05, 3.63) is 41.7 Å². The second kappa shape index (κ2) is 6.48. The van der Waals surface area contributed by atoms with E-state index in [0.717, 1.165) is 11.8 Å². The standard InChI is InChI=1S/C13H16N4O4S/c1-9-6-12(16-21-9)15-13(18)14-8-10-4-3-5-11(7-10)17-22(2,19)20/h3-7,17H,8H2,1-2H3,(H2,14,15,16,18). The third-order valence-electron chi connectivity index (χ3n) is 2.55. The molecule has 8 nitrogen and oxygen atoms in total. The monoisotopic (exact) mass is 324 g/mol. The molecule has 2 rings (SSSR count). The Morgan fingerprint density at radius 3 is 2.73 bits per heavy atom. The predicted molar refractivity (Wildman–Crippen MR) is 82.0 cm³/mol. The van der Waals surface area contributed by atoms with E-state index in [2.05, 4.69) is 20.5 Å². The zero-order valence-electron chi connectivity index (χ0n) is 12.1. The van der Waals surface area contributed by atoms with Crippen LogP contribution in [0.2, 0.25) is 0 Å². The van der Waals surface area contributed by atoms with Gasteiger partial charge in [0, 0.05) is 18.3 Å². The molecule has 1 aromatic carbocycles. The Hall–Kier alpha value is -2.55. The molecule has 0 fully saturated rings. The average molecular weight is 324 g/mol. The molecule has 2 aromatic rings. The Morgan fingerprint density at radius 2 is 2.09 bits per heavy atom. The second-order valence-corrected chi connectivity index (χ2v) is 6.45. The van der Waals surface area contributed by atoms with Crippen LogP contribution in [-0.2, 0) is 16.6 Å². The topological polar surface area (TPSA) is 113 Å². The summed E-state index contributed by atoms with van der Waals surface area (Å²) in [5, 5.41) is 8.80. The molecule has 0 atom stereocenters. The molecule has 118 valence electrons. The van der Waals surface area contributed by atoms with Crippen LogP contribution in [0.3, 0.4) is 0 Å². The number of hydrogen-bond donors (Lipinski definition) is 3. The maximum Gasteiger partial charge on any atom is 0.320 e. The summed E-state index contributed by atoms with van der Waals surface area (Å²) in [6.45, 7) is 1.96. The van der Waals surface area contributed by atoms with Crippen LogP contribution in [0.1, 0.15) is 11.3 Å². The van der Waals surface area contributed by atoms with E-state index in [0.29, 0.717) is 17.3 Å². The van der Waals surface area contributed by atoms with E-state index in [1.807, 2.05) is 0 Å². The number of aryl methyl sites for hydroxylation is 1. The first kappa shape index (κ1) is 15.8. The highest BCUT2D eigenvalue weighted by atomic mass is 32.2. The molecule has 0 radical (unpaired) electrons. The first-order valence-electron chi connectivity index (χ1n) is 6.37. The lowest BCUT2D eigenvalue weighted by Gasteiger charge is -2.08. The largest absolute Gasteiger partial charge is 0.360 e. The molecule has 0 saturated carbocycles. The molecule has 2 amide bonds. The minimum atomic E-state index is -3.33. The van der Waals surface area contributed by atoms with E-state index < -0.39 is 16.1 Å². The third kappa shape index (κ3) is 5.09. The summed E-state index contributed by atoms with van der Waals surface area (Å²) in [4.78, 5) is 11.7. The van der Waals surface area contributed by atoms with E-state index in [-0.39, 0.29) is 6.54 Å². The SMILES string of the molecule is Cc1cc(NC(=O)NCc2cccc(NS(C)(=O)=O)c2)no1. The smallest absolute Gasteiger partial charge is 0.320 e. The number of rotatable bonds is 5. The van der Waals surface area contributed by atoms with Gasteiger partial charge in [0.05, 0.1) is 6.26 Å². The fourth-order valence-corrected chi connectivity index (χ4v) is 2.28. The molecule has 0 aliphatic heterocycles. The van der Waals surface area contributed by atoms with Crippen molar-refractivity contribution < 1.29 is 17.7 Å². The van der Waals surface area contributed by atoms with Gasteiger partial charge in [0.1, 0.15) is 5.76 Å². The number of nitrogens with one attached hydrogen (secondary N) is 3. The molecule has 1 heterocycles. The zero-order valence-corrected chi connectivity index (χ0v) is 12.9. The van der Waals surface area contributed by atoms with E-state index >= 15 is 0 Å². The number of hydrogen-bond acceptors (Lipinski definition) is 5. The van der Waals surface area contributed by atoms with Crippen molar-refractivity contribution in [1.29, 1.82) is 0 Å². The summed E-state index contributed by atoms with van der Waals surface area (Å²) in [7, 11) is -3.33. The average Bonchev–Trinajstić information content (AvgIpc) is 2.80. The number of sulfonamides is 1. The quantitative estimate of drug-likeness (QED) is 0.774. The van der Waals surface area contributed by atoms with Gasteiger partial charge in [-0.25, -0.2) is 13.2 Å². The summed E-state index contributed by atoms with van der Waals surface area (Å²) in [5.74, 6) is 0.914. The van der Waals surface area contributed by atoms with E-state index in [1.165, 1.54) is 0 Å². The highest BCUT2D eigenvalue weighted by molar-refractivity contribution is 7.92. The minimum Gasteiger partial charge on any atom is -0.360 e. The number of carbonyl (C=O) groups is 1. The van der Waals surface area contributed by atoms with Crippen LogP contribution in [0.25, 0.3) is 0 Å². The van der Waals surface area contributed by atoms with Crippen molar-refractivity contribution in [1.82, 2.24) is 10.5 Å². The Morgan fingerprint density at radius 1 is 1.32 bits per heavy atom.